The molecular weight excluding hydrogens is 268 g/mol. The molecule has 0 amide bonds. The number of ketones is 1. The van der Waals surface area contributed by atoms with Crippen LogP contribution in [0, 0.1) is 0 Å². The quantitative estimate of drug-likeness (QED) is 0.847. The average molecular weight is 284 g/mol. The average Bonchev–Trinajstić information content (AvgIpc) is 2.52. The van der Waals surface area contributed by atoms with E-state index in [9.17, 15) is 4.79 Å². The van der Waals surface area contributed by atoms with Gasteiger partial charge in [0.05, 0.1) is 7.11 Å². The van der Waals surface area contributed by atoms with Gasteiger partial charge in [-0.15, -0.1) is 11.8 Å². The molecule has 20 heavy (non-hydrogen) atoms. The Morgan fingerprint density at radius 3 is 2.25 bits per heavy atom. The highest BCUT2D eigenvalue weighted by Gasteiger charge is 2.48. The van der Waals surface area contributed by atoms with Gasteiger partial charge in [0.1, 0.15) is 10.5 Å². The number of Topliss-reactive ketones (excluding diaryl/α,β-unsaturated/α-hetero) is 1. The fourth-order valence-electron chi connectivity index (χ4n) is 2.48. The van der Waals surface area contributed by atoms with Gasteiger partial charge in [0.25, 0.3) is 0 Å². The summed E-state index contributed by atoms with van der Waals surface area (Å²) in [6.45, 7) is 0. The van der Waals surface area contributed by atoms with Gasteiger partial charge in [0.15, 0.2) is 5.78 Å². The molecule has 0 unspecified atom stereocenters. The summed E-state index contributed by atoms with van der Waals surface area (Å²) >= 11 is 1.66. The van der Waals surface area contributed by atoms with Crippen LogP contribution >= 0.6 is 11.8 Å². The number of carbonyl (C=O) groups is 1. The smallest absolute Gasteiger partial charge is 0.153 e. The van der Waals surface area contributed by atoms with Crippen molar-refractivity contribution in [2.75, 3.05) is 7.11 Å². The third kappa shape index (κ3) is 2.22. The Balaban J connectivity index is 1.93. The van der Waals surface area contributed by atoms with Crippen LogP contribution in [0.4, 0.5) is 0 Å². The highest BCUT2D eigenvalue weighted by Crippen LogP contribution is 2.52. The normalized spacial score (nSPS) is 21.4. The predicted octanol–water partition coefficient (Wildman–Crippen LogP) is 4.05. The topological polar surface area (TPSA) is 26.3 Å². The molecule has 102 valence electrons. The van der Waals surface area contributed by atoms with Gasteiger partial charge in [0.2, 0.25) is 0 Å². The zero-order chi connectivity index (χ0) is 14.0. The molecule has 0 spiro atoms. The molecule has 2 nitrogen and oxygen atoms in total. The summed E-state index contributed by atoms with van der Waals surface area (Å²) in [6, 6.07) is 18.0. The first-order chi connectivity index (χ1) is 9.74. The number of ether oxygens (including phenoxy) is 1. The summed E-state index contributed by atoms with van der Waals surface area (Å²) in [5, 5.41) is 0. The highest BCUT2D eigenvalue weighted by molar-refractivity contribution is 8.01. The van der Waals surface area contributed by atoms with E-state index < -0.39 is 4.75 Å². The number of rotatable bonds is 4. The molecule has 1 fully saturated rings. The first kappa shape index (κ1) is 13.3. The molecule has 2 aromatic rings. The van der Waals surface area contributed by atoms with Gasteiger partial charge in [0, 0.05) is 11.3 Å². The minimum atomic E-state index is -0.409. The number of hydrogen-bond acceptors (Lipinski definition) is 3. The third-order valence-corrected chi connectivity index (χ3v) is 5.27. The maximum atomic E-state index is 12.3. The Bertz CT molecular complexity index is 607. The Hall–Kier alpha value is -1.74. The molecule has 0 heterocycles. The van der Waals surface area contributed by atoms with Gasteiger partial charge in [-0.05, 0) is 36.2 Å². The molecule has 0 aromatic heterocycles. The number of benzene rings is 2. The lowest BCUT2D eigenvalue weighted by Gasteiger charge is -2.39. The fraction of sp³-hybridized carbons (Fsp3) is 0.235. The van der Waals surface area contributed by atoms with Crippen molar-refractivity contribution in [2.45, 2.75) is 22.5 Å². The SMILES string of the molecule is COc1ccc([C@]2(Sc3ccccc3)CCC2=O)cc1. The van der Waals surface area contributed by atoms with Crippen LogP contribution in [0.1, 0.15) is 18.4 Å². The molecule has 0 saturated heterocycles. The number of carbonyl (C=O) groups excluding carboxylic acids is 1. The van der Waals surface area contributed by atoms with E-state index in [0.717, 1.165) is 22.6 Å². The lowest BCUT2D eigenvalue weighted by molar-refractivity contribution is -0.127. The second-order valence-corrected chi connectivity index (χ2v) is 6.27. The summed E-state index contributed by atoms with van der Waals surface area (Å²) in [7, 11) is 1.65. The van der Waals surface area contributed by atoms with E-state index >= 15 is 0 Å². The van der Waals surface area contributed by atoms with Gasteiger partial charge in [-0.2, -0.15) is 0 Å². The van der Waals surface area contributed by atoms with E-state index in [2.05, 4.69) is 12.1 Å². The summed E-state index contributed by atoms with van der Waals surface area (Å²) in [5.74, 6) is 1.14. The van der Waals surface area contributed by atoms with Crippen molar-refractivity contribution < 1.29 is 9.53 Å². The largest absolute Gasteiger partial charge is 0.497 e. The maximum absolute atomic E-state index is 12.3. The van der Waals surface area contributed by atoms with Crippen LogP contribution in [0.15, 0.2) is 59.5 Å². The Morgan fingerprint density at radius 2 is 1.75 bits per heavy atom. The molecule has 3 rings (SSSR count). The zero-order valence-electron chi connectivity index (χ0n) is 11.3. The highest BCUT2D eigenvalue weighted by atomic mass is 32.2. The minimum Gasteiger partial charge on any atom is -0.497 e. The van der Waals surface area contributed by atoms with Crippen molar-refractivity contribution in [1.29, 1.82) is 0 Å². The van der Waals surface area contributed by atoms with Gasteiger partial charge in [-0.25, -0.2) is 0 Å². The van der Waals surface area contributed by atoms with E-state index in [0.29, 0.717) is 12.2 Å². The first-order valence-corrected chi connectivity index (χ1v) is 7.48. The Morgan fingerprint density at radius 1 is 1.05 bits per heavy atom. The molecule has 2 aromatic carbocycles. The van der Waals surface area contributed by atoms with E-state index in [1.54, 1.807) is 18.9 Å². The number of methoxy groups -OCH3 is 1. The van der Waals surface area contributed by atoms with Crippen molar-refractivity contribution in [3.8, 4) is 5.75 Å². The molecule has 3 heteroatoms. The molecule has 0 N–H and O–H groups in total. The van der Waals surface area contributed by atoms with E-state index in [1.807, 2.05) is 42.5 Å². The Kier molecular flexibility index (Phi) is 3.53. The first-order valence-electron chi connectivity index (χ1n) is 6.66. The lowest BCUT2D eigenvalue weighted by atomic mass is 9.77. The van der Waals surface area contributed by atoms with Gasteiger partial charge in [-0.3, -0.25) is 4.79 Å². The zero-order valence-corrected chi connectivity index (χ0v) is 12.2. The van der Waals surface area contributed by atoms with Gasteiger partial charge in [-0.1, -0.05) is 30.3 Å². The summed E-state index contributed by atoms with van der Waals surface area (Å²) < 4.78 is 4.78. The van der Waals surface area contributed by atoms with Crippen molar-refractivity contribution in [3.05, 3.63) is 60.2 Å². The molecule has 0 radical (unpaired) electrons. The van der Waals surface area contributed by atoms with E-state index in [4.69, 9.17) is 4.74 Å². The van der Waals surface area contributed by atoms with E-state index in [1.165, 1.54) is 0 Å². The summed E-state index contributed by atoms with van der Waals surface area (Å²) in [4.78, 5) is 13.4. The lowest BCUT2D eigenvalue weighted by Crippen LogP contribution is -2.41. The van der Waals surface area contributed by atoms with Crippen LogP contribution in [0.2, 0.25) is 0 Å². The van der Waals surface area contributed by atoms with Crippen LogP contribution in [-0.4, -0.2) is 12.9 Å². The second kappa shape index (κ2) is 5.33. The Labute approximate surface area is 123 Å². The second-order valence-electron chi connectivity index (χ2n) is 4.89. The summed E-state index contributed by atoms with van der Waals surface area (Å²) in [5.41, 5.74) is 1.07. The van der Waals surface area contributed by atoms with Crippen LogP contribution in [-0.2, 0) is 9.54 Å². The number of hydrogen-bond donors (Lipinski definition) is 0. The van der Waals surface area contributed by atoms with Crippen molar-refractivity contribution in [3.63, 3.8) is 0 Å². The van der Waals surface area contributed by atoms with Crippen molar-refractivity contribution in [1.82, 2.24) is 0 Å². The maximum Gasteiger partial charge on any atom is 0.153 e. The fourth-order valence-corrected chi connectivity index (χ4v) is 3.85. The van der Waals surface area contributed by atoms with Gasteiger partial charge < -0.3 is 4.74 Å². The molecular formula is C17H16O2S. The molecule has 0 aliphatic heterocycles. The van der Waals surface area contributed by atoms with Gasteiger partial charge >= 0.3 is 0 Å². The van der Waals surface area contributed by atoms with Crippen LogP contribution in [0.5, 0.6) is 5.75 Å². The van der Waals surface area contributed by atoms with Crippen molar-refractivity contribution in [2.24, 2.45) is 0 Å². The summed E-state index contributed by atoms with van der Waals surface area (Å²) in [6.07, 6.45) is 1.57. The molecule has 0 bridgehead atoms. The monoisotopic (exact) mass is 284 g/mol. The minimum absolute atomic E-state index is 0.316. The van der Waals surface area contributed by atoms with E-state index in [-0.39, 0.29) is 0 Å². The molecule has 1 aliphatic rings. The number of thioether (sulfide) groups is 1. The van der Waals surface area contributed by atoms with Crippen LogP contribution in [0.25, 0.3) is 0 Å². The standard InChI is InChI=1S/C17H16O2S/c1-19-14-9-7-13(8-10-14)17(12-11-16(17)18)20-15-5-3-2-4-6-15/h2-10H,11-12H2,1H3/t17-/m1/s1. The van der Waals surface area contributed by atoms with Crippen LogP contribution < -0.4 is 4.74 Å². The predicted molar refractivity (Wildman–Crippen MR) is 81.2 cm³/mol. The molecule has 1 atom stereocenters. The van der Waals surface area contributed by atoms with Crippen LogP contribution in [0.3, 0.4) is 0 Å². The molecule has 1 aliphatic carbocycles. The third-order valence-electron chi connectivity index (χ3n) is 3.75. The van der Waals surface area contributed by atoms with Crippen molar-refractivity contribution >= 4 is 17.5 Å². The molecule has 1 saturated carbocycles.